The first-order valence-electron chi connectivity index (χ1n) is 9.68. The number of hydrogen-bond donors (Lipinski definition) is 1. The molecule has 3 rings (SSSR count). The molecule has 0 radical (unpaired) electrons. The van der Waals surface area contributed by atoms with Crippen LogP contribution >= 0.6 is 28.3 Å². The third kappa shape index (κ3) is 6.46. The quantitative estimate of drug-likeness (QED) is 0.353. The number of halogens is 3. The van der Waals surface area contributed by atoms with Crippen molar-refractivity contribution in [2.75, 3.05) is 6.61 Å². The SMILES string of the molecule is CCOc1cc(CNC(C)c2ccccc2)cc(Br)c1OCc1ccccc1F.Cl. The van der Waals surface area contributed by atoms with Crippen molar-refractivity contribution in [1.82, 2.24) is 5.32 Å². The Hall–Kier alpha value is -2.08. The lowest BCUT2D eigenvalue weighted by Gasteiger charge is -2.18. The molecular weight excluding hydrogens is 469 g/mol. The van der Waals surface area contributed by atoms with Crippen molar-refractivity contribution in [2.45, 2.75) is 33.0 Å². The molecule has 0 heterocycles. The second-order valence-corrected chi connectivity index (χ2v) is 7.59. The maximum atomic E-state index is 13.9. The summed E-state index contributed by atoms with van der Waals surface area (Å²) < 4.78 is 26.4. The summed E-state index contributed by atoms with van der Waals surface area (Å²) in [5.41, 5.74) is 2.81. The number of nitrogens with one attached hydrogen (secondary N) is 1. The molecule has 0 aromatic heterocycles. The highest BCUT2D eigenvalue weighted by atomic mass is 79.9. The van der Waals surface area contributed by atoms with E-state index < -0.39 is 0 Å². The Morgan fingerprint density at radius 3 is 2.40 bits per heavy atom. The van der Waals surface area contributed by atoms with Crippen molar-refractivity contribution in [3.8, 4) is 11.5 Å². The molecule has 0 aliphatic heterocycles. The highest BCUT2D eigenvalue weighted by Gasteiger charge is 2.14. The van der Waals surface area contributed by atoms with Crippen LogP contribution in [-0.2, 0) is 13.2 Å². The largest absolute Gasteiger partial charge is 0.490 e. The second kappa shape index (κ2) is 11.9. The van der Waals surface area contributed by atoms with Gasteiger partial charge >= 0.3 is 0 Å². The summed E-state index contributed by atoms with van der Waals surface area (Å²) >= 11 is 3.59. The minimum absolute atomic E-state index is 0. The van der Waals surface area contributed by atoms with Crippen molar-refractivity contribution in [1.29, 1.82) is 0 Å². The molecule has 0 saturated heterocycles. The molecular formula is C24H26BrClFNO2. The lowest BCUT2D eigenvalue weighted by molar-refractivity contribution is 0.264. The summed E-state index contributed by atoms with van der Waals surface area (Å²) in [7, 11) is 0. The molecule has 3 nitrogen and oxygen atoms in total. The number of benzene rings is 3. The van der Waals surface area contributed by atoms with E-state index in [9.17, 15) is 4.39 Å². The molecule has 0 amide bonds. The molecule has 0 fully saturated rings. The molecule has 1 atom stereocenters. The maximum Gasteiger partial charge on any atom is 0.175 e. The number of rotatable bonds is 9. The van der Waals surface area contributed by atoms with Crippen molar-refractivity contribution in [3.05, 3.63) is 93.7 Å². The monoisotopic (exact) mass is 493 g/mol. The highest BCUT2D eigenvalue weighted by molar-refractivity contribution is 9.10. The Morgan fingerprint density at radius 2 is 1.70 bits per heavy atom. The van der Waals surface area contributed by atoms with Crippen LogP contribution in [0.3, 0.4) is 0 Å². The van der Waals surface area contributed by atoms with Gasteiger partial charge in [-0.15, -0.1) is 12.4 Å². The fraction of sp³-hybridized carbons (Fsp3) is 0.250. The van der Waals surface area contributed by atoms with Gasteiger partial charge in [-0.1, -0.05) is 48.5 Å². The molecule has 0 saturated carbocycles. The fourth-order valence-electron chi connectivity index (χ4n) is 3.02. The zero-order chi connectivity index (χ0) is 20.6. The third-order valence-electron chi connectivity index (χ3n) is 4.61. The average molecular weight is 495 g/mol. The smallest absolute Gasteiger partial charge is 0.175 e. The zero-order valence-corrected chi connectivity index (χ0v) is 19.4. The minimum atomic E-state index is -0.280. The van der Waals surface area contributed by atoms with Crippen LogP contribution in [0.25, 0.3) is 0 Å². The summed E-state index contributed by atoms with van der Waals surface area (Å²) in [5, 5.41) is 3.53. The standard InChI is InChI=1S/C24H25BrFNO2.ClH/c1-3-28-23-14-18(15-27-17(2)19-9-5-4-6-10-19)13-21(25)24(23)29-16-20-11-7-8-12-22(20)26;/h4-14,17,27H,3,15-16H2,1-2H3;1H. The molecule has 1 N–H and O–H groups in total. The van der Waals surface area contributed by atoms with Gasteiger partial charge in [-0.25, -0.2) is 4.39 Å². The fourth-order valence-corrected chi connectivity index (χ4v) is 3.63. The summed E-state index contributed by atoms with van der Waals surface area (Å²) in [5.74, 6) is 0.939. The lowest BCUT2D eigenvalue weighted by atomic mass is 10.1. The van der Waals surface area contributed by atoms with E-state index >= 15 is 0 Å². The molecule has 3 aromatic rings. The summed E-state index contributed by atoms with van der Waals surface area (Å²) in [6.07, 6.45) is 0. The summed E-state index contributed by atoms with van der Waals surface area (Å²) in [6, 6.07) is 21.1. The van der Waals surface area contributed by atoms with Crippen molar-refractivity contribution < 1.29 is 13.9 Å². The van der Waals surface area contributed by atoms with Crippen LogP contribution in [0.4, 0.5) is 4.39 Å². The van der Waals surface area contributed by atoms with Gasteiger partial charge in [0.2, 0.25) is 0 Å². The molecule has 0 aliphatic carbocycles. The van der Waals surface area contributed by atoms with Crippen LogP contribution in [0.2, 0.25) is 0 Å². The second-order valence-electron chi connectivity index (χ2n) is 6.73. The first-order chi connectivity index (χ1) is 14.1. The molecule has 3 aromatic carbocycles. The van der Waals surface area contributed by atoms with Gasteiger partial charge < -0.3 is 14.8 Å². The van der Waals surface area contributed by atoms with Gasteiger partial charge in [0.25, 0.3) is 0 Å². The predicted molar refractivity (Wildman–Crippen MR) is 125 cm³/mol. The molecule has 1 unspecified atom stereocenters. The Kier molecular flexibility index (Phi) is 9.63. The summed E-state index contributed by atoms with van der Waals surface area (Å²) in [6.45, 7) is 5.40. The van der Waals surface area contributed by atoms with Crippen LogP contribution < -0.4 is 14.8 Å². The molecule has 0 spiro atoms. The minimum Gasteiger partial charge on any atom is -0.490 e. The van der Waals surface area contributed by atoms with E-state index in [1.165, 1.54) is 11.6 Å². The predicted octanol–water partition coefficient (Wildman–Crippen LogP) is 6.84. The molecule has 0 aliphatic rings. The Bertz CT molecular complexity index is 940. The maximum absolute atomic E-state index is 13.9. The van der Waals surface area contributed by atoms with Crippen LogP contribution in [0.5, 0.6) is 11.5 Å². The van der Waals surface area contributed by atoms with E-state index in [-0.39, 0.29) is 30.9 Å². The van der Waals surface area contributed by atoms with Gasteiger partial charge in [0.05, 0.1) is 11.1 Å². The first-order valence-corrected chi connectivity index (χ1v) is 10.5. The first kappa shape index (κ1) is 24.2. The number of hydrogen-bond acceptors (Lipinski definition) is 3. The average Bonchev–Trinajstić information content (AvgIpc) is 2.73. The lowest BCUT2D eigenvalue weighted by Crippen LogP contribution is -2.18. The van der Waals surface area contributed by atoms with Crippen LogP contribution in [0.15, 0.2) is 71.2 Å². The molecule has 0 bridgehead atoms. The number of ether oxygens (including phenoxy) is 2. The van der Waals surface area contributed by atoms with E-state index in [4.69, 9.17) is 9.47 Å². The van der Waals surface area contributed by atoms with Crippen LogP contribution in [-0.4, -0.2) is 6.61 Å². The van der Waals surface area contributed by atoms with E-state index in [2.05, 4.69) is 40.3 Å². The molecule has 6 heteroatoms. The van der Waals surface area contributed by atoms with E-state index in [1.807, 2.05) is 37.3 Å². The van der Waals surface area contributed by atoms with E-state index in [0.29, 0.717) is 30.2 Å². The Morgan fingerprint density at radius 1 is 1.00 bits per heavy atom. The van der Waals surface area contributed by atoms with Gasteiger partial charge in [0.15, 0.2) is 11.5 Å². The third-order valence-corrected chi connectivity index (χ3v) is 5.20. The van der Waals surface area contributed by atoms with Gasteiger partial charge in [-0.2, -0.15) is 0 Å². The summed E-state index contributed by atoms with van der Waals surface area (Å²) in [4.78, 5) is 0. The Balaban J connectivity index is 0.00000320. The van der Waals surface area contributed by atoms with Gasteiger partial charge in [-0.3, -0.25) is 0 Å². The van der Waals surface area contributed by atoms with E-state index in [0.717, 1.165) is 10.0 Å². The van der Waals surface area contributed by atoms with Crippen molar-refractivity contribution >= 4 is 28.3 Å². The van der Waals surface area contributed by atoms with Crippen LogP contribution in [0, 0.1) is 5.82 Å². The molecule has 160 valence electrons. The normalized spacial score (nSPS) is 11.5. The van der Waals surface area contributed by atoms with Gasteiger partial charge in [0.1, 0.15) is 12.4 Å². The molecule has 30 heavy (non-hydrogen) atoms. The highest BCUT2D eigenvalue weighted by Crippen LogP contribution is 2.37. The Labute approximate surface area is 192 Å². The zero-order valence-electron chi connectivity index (χ0n) is 17.0. The van der Waals surface area contributed by atoms with Gasteiger partial charge in [0, 0.05) is 18.2 Å². The van der Waals surface area contributed by atoms with Crippen LogP contribution in [0.1, 0.15) is 36.6 Å². The van der Waals surface area contributed by atoms with Gasteiger partial charge in [-0.05, 0) is 59.1 Å². The van der Waals surface area contributed by atoms with Crippen molar-refractivity contribution in [3.63, 3.8) is 0 Å². The van der Waals surface area contributed by atoms with E-state index in [1.54, 1.807) is 18.2 Å². The topological polar surface area (TPSA) is 30.5 Å². The van der Waals surface area contributed by atoms with Crippen molar-refractivity contribution in [2.24, 2.45) is 0 Å².